The van der Waals surface area contributed by atoms with E-state index in [1.807, 2.05) is 6.07 Å². The van der Waals surface area contributed by atoms with Crippen LogP contribution in [-0.4, -0.2) is 55.9 Å². The van der Waals surface area contributed by atoms with Gasteiger partial charge in [0, 0.05) is 21.1 Å². The van der Waals surface area contributed by atoms with Gasteiger partial charge in [0.25, 0.3) is 5.91 Å². The van der Waals surface area contributed by atoms with Gasteiger partial charge in [-0.05, 0) is 12.1 Å². The summed E-state index contributed by atoms with van der Waals surface area (Å²) in [5, 5.41) is 8.90. The van der Waals surface area contributed by atoms with Gasteiger partial charge >= 0.3 is 0 Å². The highest BCUT2D eigenvalue weighted by Crippen LogP contribution is 2.16. The molecule has 1 aromatic carbocycles. The molecule has 0 aliphatic carbocycles. The molecule has 6 heteroatoms. The molecule has 0 spiro atoms. The van der Waals surface area contributed by atoms with E-state index in [2.05, 4.69) is 0 Å². The first-order chi connectivity index (χ1) is 9.45. The molecule has 6 nitrogen and oxygen atoms in total. The summed E-state index contributed by atoms with van der Waals surface area (Å²) >= 11 is 0. The SMILES string of the molecule is CN(C)C(=O)CN(C)C(=O)COc1ccccc1C#N. The standard InChI is InChI=1S/C14H17N3O3/c1-16(2)13(18)9-17(3)14(19)10-20-12-7-5-4-6-11(12)8-15/h4-7H,9-10H2,1-3H3. The molecule has 1 aromatic rings. The maximum absolute atomic E-state index is 11.8. The van der Waals surface area contributed by atoms with Gasteiger partial charge in [0.2, 0.25) is 5.91 Å². The Hall–Kier alpha value is -2.55. The van der Waals surface area contributed by atoms with Crippen LogP contribution in [0.1, 0.15) is 5.56 Å². The van der Waals surface area contributed by atoms with Gasteiger partial charge in [0.1, 0.15) is 11.8 Å². The molecule has 0 unspecified atom stereocenters. The number of nitrogens with zero attached hydrogens (tertiary/aromatic N) is 3. The molecule has 1 rings (SSSR count). The number of rotatable bonds is 5. The first kappa shape index (κ1) is 15.5. The van der Waals surface area contributed by atoms with Gasteiger partial charge in [0.05, 0.1) is 12.1 Å². The van der Waals surface area contributed by atoms with Gasteiger partial charge in [0.15, 0.2) is 6.61 Å². The van der Waals surface area contributed by atoms with E-state index in [0.717, 1.165) is 0 Å². The fourth-order valence-electron chi connectivity index (χ4n) is 1.37. The van der Waals surface area contributed by atoms with Gasteiger partial charge < -0.3 is 14.5 Å². The summed E-state index contributed by atoms with van der Waals surface area (Å²) in [6, 6.07) is 8.66. The molecule has 0 saturated carbocycles. The van der Waals surface area contributed by atoms with E-state index in [0.29, 0.717) is 11.3 Å². The Balaban J connectivity index is 2.55. The fraction of sp³-hybridized carbons (Fsp3) is 0.357. The number of benzene rings is 1. The lowest BCUT2D eigenvalue weighted by Crippen LogP contribution is -2.39. The van der Waals surface area contributed by atoms with Crippen LogP contribution >= 0.6 is 0 Å². The van der Waals surface area contributed by atoms with Crippen LogP contribution in [0.15, 0.2) is 24.3 Å². The van der Waals surface area contributed by atoms with E-state index in [1.54, 1.807) is 38.4 Å². The molecule has 0 atom stereocenters. The van der Waals surface area contributed by atoms with Crippen LogP contribution in [-0.2, 0) is 9.59 Å². The van der Waals surface area contributed by atoms with Crippen molar-refractivity contribution in [3.8, 4) is 11.8 Å². The van der Waals surface area contributed by atoms with E-state index >= 15 is 0 Å². The second-order valence-corrected chi connectivity index (χ2v) is 4.43. The normalized spacial score (nSPS) is 9.50. The molecule has 0 heterocycles. The van der Waals surface area contributed by atoms with Gasteiger partial charge in [-0.2, -0.15) is 5.26 Å². The summed E-state index contributed by atoms with van der Waals surface area (Å²) in [5.74, 6) is -0.137. The lowest BCUT2D eigenvalue weighted by Gasteiger charge is -2.19. The molecule has 0 saturated heterocycles. The predicted molar refractivity (Wildman–Crippen MR) is 73.0 cm³/mol. The number of hydrogen-bond donors (Lipinski definition) is 0. The van der Waals surface area contributed by atoms with E-state index in [-0.39, 0.29) is 25.0 Å². The summed E-state index contributed by atoms with van der Waals surface area (Å²) in [5.41, 5.74) is 0.368. The Bertz CT molecular complexity index is 535. The number of likely N-dealkylation sites (N-methyl/N-ethyl adjacent to an activating group) is 2. The van der Waals surface area contributed by atoms with Crippen molar-refractivity contribution in [1.82, 2.24) is 9.80 Å². The number of nitriles is 1. The maximum atomic E-state index is 11.8. The van der Waals surface area contributed by atoms with Crippen molar-refractivity contribution in [2.24, 2.45) is 0 Å². The average molecular weight is 275 g/mol. The summed E-state index contributed by atoms with van der Waals surface area (Å²) in [7, 11) is 4.78. The highest BCUT2D eigenvalue weighted by Gasteiger charge is 2.15. The zero-order valence-corrected chi connectivity index (χ0v) is 11.8. The minimum Gasteiger partial charge on any atom is -0.482 e. The number of amides is 2. The van der Waals surface area contributed by atoms with Crippen LogP contribution < -0.4 is 4.74 Å². The van der Waals surface area contributed by atoms with Gasteiger partial charge in [-0.15, -0.1) is 0 Å². The fourth-order valence-corrected chi connectivity index (χ4v) is 1.37. The lowest BCUT2D eigenvalue weighted by molar-refractivity contribution is -0.139. The first-order valence-electron chi connectivity index (χ1n) is 6.01. The van der Waals surface area contributed by atoms with Crippen LogP contribution in [0, 0.1) is 11.3 Å². The van der Waals surface area contributed by atoms with Crippen LogP contribution in [0.3, 0.4) is 0 Å². The second kappa shape index (κ2) is 7.14. The van der Waals surface area contributed by atoms with E-state index in [9.17, 15) is 9.59 Å². The number of hydrogen-bond acceptors (Lipinski definition) is 4. The van der Waals surface area contributed by atoms with Crippen LogP contribution in [0.25, 0.3) is 0 Å². The van der Waals surface area contributed by atoms with Crippen LogP contribution in [0.2, 0.25) is 0 Å². The number of para-hydroxylation sites is 1. The lowest BCUT2D eigenvalue weighted by atomic mass is 10.2. The average Bonchev–Trinajstić information content (AvgIpc) is 2.44. The number of ether oxygens (including phenoxy) is 1. The van der Waals surface area contributed by atoms with Crippen LogP contribution in [0.5, 0.6) is 5.75 Å². The first-order valence-corrected chi connectivity index (χ1v) is 6.01. The molecule has 20 heavy (non-hydrogen) atoms. The Labute approximate surface area is 118 Å². The van der Waals surface area contributed by atoms with Gasteiger partial charge in [-0.25, -0.2) is 0 Å². The molecular weight excluding hydrogens is 258 g/mol. The van der Waals surface area contributed by atoms with E-state index in [4.69, 9.17) is 10.00 Å². The Morgan fingerprint density at radius 2 is 1.85 bits per heavy atom. The number of carbonyl (C=O) groups is 2. The third-order valence-electron chi connectivity index (χ3n) is 2.66. The second-order valence-electron chi connectivity index (χ2n) is 4.43. The van der Waals surface area contributed by atoms with Crippen molar-refractivity contribution in [1.29, 1.82) is 5.26 Å². The van der Waals surface area contributed by atoms with E-state index < -0.39 is 0 Å². The summed E-state index contributed by atoms with van der Waals surface area (Å²) in [6.07, 6.45) is 0. The van der Waals surface area contributed by atoms with Crippen molar-refractivity contribution in [3.05, 3.63) is 29.8 Å². The molecule has 0 aliphatic heterocycles. The smallest absolute Gasteiger partial charge is 0.260 e. The third kappa shape index (κ3) is 4.28. The zero-order valence-electron chi connectivity index (χ0n) is 11.8. The molecule has 106 valence electrons. The minimum atomic E-state index is -0.326. The highest BCUT2D eigenvalue weighted by molar-refractivity contribution is 5.85. The topological polar surface area (TPSA) is 73.6 Å². The molecule has 0 radical (unpaired) electrons. The molecule has 0 N–H and O–H groups in total. The molecule has 2 amide bonds. The van der Waals surface area contributed by atoms with E-state index in [1.165, 1.54) is 16.8 Å². The van der Waals surface area contributed by atoms with Crippen molar-refractivity contribution >= 4 is 11.8 Å². The summed E-state index contributed by atoms with van der Waals surface area (Å²) in [4.78, 5) is 26.0. The van der Waals surface area contributed by atoms with Crippen LogP contribution in [0.4, 0.5) is 0 Å². The Kier molecular flexibility index (Phi) is 5.54. The Morgan fingerprint density at radius 3 is 2.45 bits per heavy atom. The molecule has 0 fully saturated rings. The third-order valence-corrected chi connectivity index (χ3v) is 2.66. The molecule has 0 bridgehead atoms. The summed E-state index contributed by atoms with van der Waals surface area (Å²) < 4.78 is 5.31. The monoisotopic (exact) mass is 275 g/mol. The predicted octanol–water partition coefficient (Wildman–Crippen LogP) is 0.484. The minimum absolute atomic E-state index is 0.00487. The molecule has 0 aromatic heterocycles. The van der Waals surface area contributed by atoms with Crippen molar-refractivity contribution in [3.63, 3.8) is 0 Å². The van der Waals surface area contributed by atoms with Gasteiger partial charge in [-0.3, -0.25) is 9.59 Å². The van der Waals surface area contributed by atoms with Crippen molar-refractivity contribution in [2.75, 3.05) is 34.3 Å². The van der Waals surface area contributed by atoms with Crippen molar-refractivity contribution in [2.45, 2.75) is 0 Å². The molecular formula is C14H17N3O3. The van der Waals surface area contributed by atoms with Crippen molar-refractivity contribution < 1.29 is 14.3 Å². The Morgan fingerprint density at radius 1 is 1.20 bits per heavy atom. The highest BCUT2D eigenvalue weighted by atomic mass is 16.5. The largest absolute Gasteiger partial charge is 0.482 e. The quantitative estimate of drug-likeness (QED) is 0.783. The zero-order chi connectivity index (χ0) is 15.1. The summed E-state index contributed by atoms with van der Waals surface area (Å²) in [6.45, 7) is -0.217. The maximum Gasteiger partial charge on any atom is 0.260 e. The van der Waals surface area contributed by atoms with Gasteiger partial charge in [-0.1, -0.05) is 12.1 Å². The molecule has 0 aliphatic rings. The number of carbonyl (C=O) groups excluding carboxylic acids is 2.